The van der Waals surface area contributed by atoms with Crippen molar-refractivity contribution in [1.29, 1.82) is 0 Å². The molecule has 0 aromatic heterocycles. The molecule has 0 saturated carbocycles. The van der Waals surface area contributed by atoms with Crippen molar-refractivity contribution in [2.75, 3.05) is 37.1 Å². The van der Waals surface area contributed by atoms with E-state index in [1.165, 1.54) is 4.90 Å². The van der Waals surface area contributed by atoms with E-state index >= 15 is 0 Å². The van der Waals surface area contributed by atoms with Gasteiger partial charge in [-0.05, 0) is 32.9 Å². The maximum atomic E-state index is 12.6. The maximum absolute atomic E-state index is 12.6. The molecule has 0 atom stereocenters. The third-order valence-electron chi connectivity index (χ3n) is 3.61. The van der Waals surface area contributed by atoms with E-state index in [0.29, 0.717) is 42.8 Å². The van der Waals surface area contributed by atoms with E-state index in [2.05, 4.69) is 5.32 Å². The molecular weight excluding hydrogens is 332 g/mol. The van der Waals surface area contributed by atoms with Crippen LogP contribution >= 0.6 is 0 Å². The van der Waals surface area contributed by atoms with Crippen molar-refractivity contribution < 1.29 is 19.0 Å². The molecule has 0 aliphatic carbocycles. The number of hydrogen-bond acceptors (Lipinski definition) is 4. The summed E-state index contributed by atoms with van der Waals surface area (Å²) in [6.07, 6.45) is 0. The van der Waals surface area contributed by atoms with Gasteiger partial charge in [-0.3, -0.25) is 4.90 Å². The molecule has 2 aromatic carbocycles. The molecule has 2 aromatic rings. The van der Waals surface area contributed by atoms with Gasteiger partial charge in [-0.25, -0.2) is 4.79 Å². The van der Waals surface area contributed by atoms with Crippen molar-refractivity contribution in [3.05, 3.63) is 42.5 Å². The summed E-state index contributed by atoms with van der Waals surface area (Å²) in [6, 6.07) is 12.6. The van der Waals surface area contributed by atoms with Crippen LogP contribution in [0.2, 0.25) is 0 Å². The zero-order chi connectivity index (χ0) is 18.9. The molecule has 0 spiro atoms. The third kappa shape index (κ3) is 4.81. The normalized spacial score (nSPS) is 10.2. The molecule has 0 saturated heterocycles. The number of nitrogens with one attached hydrogen (secondary N) is 1. The highest BCUT2D eigenvalue weighted by Crippen LogP contribution is 2.40. The van der Waals surface area contributed by atoms with Crippen molar-refractivity contribution >= 4 is 17.4 Å². The number of carbonyl (C=O) groups is 1. The van der Waals surface area contributed by atoms with Crippen molar-refractivity contribution in [2.45, 2.75) is 20.8 Å². The first-order valence-corrected chi connectivity index (χ1v) is 8.76. The van der Waals surface area contributed by atoms with Gasteiger partial charge in [-0.15, -0.1) is 0 Å². The summed E-state index contributed by atoms with van der Waals surface area (Å²) in [5.74, 6) is 1.63. The summed E-state index contributed by atoms with van der Waals surface area (Å²) >= 11 is 0. The predicted octanol–water partition coefficient (Wildman–Crippen LogP) is 4.55. The lowest BCUT2D eigenvalue weighted by molar-refractivity contribution is 0.257. The molecular formula is C20H26N2O4. The SMILES string of the molecule is CCOc1cc(NC(=O)N(C)c2ccccc2)cc(OCC)c1OCC. The summed E-state index contributed by atoms with van der Waals surface area (Å²) < 4.78 is 17.0. The lowest BCUT2D eigenvalue weighted by Crippen LogP contribution is -2.31. The van der Waals surface area contributed by atoms with Crippen LogP contribution in [-0.4, -0.2) is 32.9 Å². The molecule has 0 fully saturated rings. The first-order chi connectivity index (χ1) is 12.6. The molecule has 0 aliphatic rings. The van der Waals surface area contributed by atoms with E-state index in [1.54, 1.807) is 19.2 Å². The number of carbonyl (C=O) groups excluding carboxylic acids is 1. The highest BCUT2D eigenvalue weighted by Gasteiger charge is 2.17. The minimum Gasteiger partial charge on any atom is -0.490 e. The number of nitrogens with zero attached hydrogens (tertiary/aromatic N) is 1. The second-order valence-electron chi connectivity index (χ2n) is 5.43. The van der Waals surface area contributed by atoms with Crippen molar-refractivity contribution in [3.63, 3.8) is 0 Å². The molecule has 0 bridgehead atoms. The molecule has 0 unspecified atom stereocenters. The fourth-order valence-corrected chi connectivity index (χ4v) is 2.44. The van der Waals surface area contributed by atoms with Gasteiger partial charge < -0.3 is 19.5 Å². The monoisotopic (exact) mass is 358 g/mol. The molecule has 0 heterocycles. The Morgan fingerprint density at radius 3 is 1.96 bits per heavy atom. The first-order valence-electron chi connectivity index (χ1n) is 8.76. The van der Waals surface area contributed by atoms with E-state index in [-0.39, 0.29) is 6.03 Å². The number of hydrogen-bond donors (Lipinski definition) is 1. The summed E-state index contributed by atoms with van der Waals surface area (Å²) in [4.78, 5) is 14.1. The van der Waals surface area contributed by atoms with Crippen molar-refractivity contribution in [3.8, 4) is 17.2 Å². The van der Waals surface area contributed by atoms with Crippen molar-refractivity contribution in [2.24, 2.45) is 0 Å². The Morgan fingerprint density at radius 2 is 1.46 bits per heavy atom. The van der Waals surface area contributed by atoms with Crippen LogP contribution in [0, 0.1) is 0 Å². The zero-order valence-corrected chi connectivity index (χ0v) is 15.7. The average Bonchev–Trinajstić information content (AvgIpc) is 2.65. The Kier molecular flexibility index (Phi) is 7.14. The van der Waals surface area contributed by atoms with Crippen LogP contribution in [-0.2, 0) is 0 Å². The van der Waals surface area contributed by atoms with E-state index in [0.717, 1.165) is 5.69 Å². The molecule has 26 heavy (non-hydrogen) atoms. The van der Waals surface area contributed by atoms with Gasteiger partial charge in [-0.2, -0.15) is 0 Å². The quantitative estimate of drug-likeness (QED) is 0.752. The predicted molar refractivity (Wildman–Crippen MR) is 104 cm³/mol. The highest BCUT2D eigenvalue weighted by molar-refractivity contribution is 6.01. The van der Waals surface area contributed by atoms with E-state index in [4.69, 9.17) is 14.2 Å². The average molecular weight is 358 g/mol. The van der Waals surface area contributed by atoms with Gasteiger partial charge in [0.2, 0.25) is 5.75 Å². The van der Waals surface area contributed by atoms with Gasteiger partial charge in [-0.1, -0.05) is 18.2 Å². The highest BCUT2D eigenvalue weighted by atomic mass is 16.5. The van der Waals surface area contributed by atoms with Crippen LogP contribution in [0.15, 0.2) is 42.5 Å². The first kappa shape index (κ1) is 19.4. The molecule has 0 aliphatic heterocycles. The summed E-state index contributed by atoms with van der Waals surface area (Å²) in [7, 11) is 1.71. The van der Waals surface area contributed by atoms with E-state index < -0.39 is 0 Å². The Bertz CT molecular complexity index is 692. The number of ether oxygens (including phenoxy) is 3. The zero-order valence-electron chi connectivity index (χ0n) is 15.7. The molecule has 2 amide bonds. The van der Waals surface area contributed by atoms with Gasteiger partial charge in [0.25, 0.3) is 0 Å². The number of para-hydroxylation sites is 1. The summed E-state index contributed by atoms with van der Waals surface area (Å²) in [6.45, 7) is 7.13. The van der Waals surface area contributed by atoms with Crippen LogP contribution in [0.1, 0.15) is 20.8 Å². The Balaban J connectivity index is 2.28. The molecule has 6 heteroatoms. The Hall–Kier alpha value is -2.89. The number of amides is 2. The van der Waals surface area contributed by atoms with E-state index in [9.17, 15) is 4.79 Å². The lowest BCUT2D eigenvalue weighted by Gasteiger charge is -2.20. The maximum Gasteiger partial charge on any atom is 0.326 e. The minimum absolute atomic E-state index is 0.259. The lowest BCUT2D eigenvalue weighted by atomic mass is 10.2. The molecule has 0 radical (unpaired) electrons. The number of benzene rings is 2. The minimum atomic E-state index is -0.259. The van der Waals surface area contributed by atoms with Gasteiger partial charge in [0.1, 0.15) is 0 Å². The van der Waals surface area contributed by atoms with Gasteiger partial charge >= 0.3 is 6.03 Å². The number of urea groups is 1. The molecule has 140 valence electrons. The van der Waals surface area contributed by atoms with Gasteiger partial charge in [0.05, 0.1) is 25.5 Å². The van der Waals surface area contributed by atoms with Gasteiger partial charge in [0, 0.05) is 24.9 Å². The van der Waals surface area contributed by atoms with Crippen molar-refractivity contribution in [1.82, 2.24) is 0 Å². The number of rotatable bonds is 8. The fourth-order valence-electron chi connectivity index (χ4n) is 2.44. The van der Waals surface area contributed by atoms with E-state index in [1.807, 2.05) is 51.1 Å². The fraction of sp³-hybridized carbons (Fsp3) is 0.350. The second kappa shape index (κ2) is 9.56. The van der Waals surface area contributed by atoms with Crippen LogP contribution in [0.4, 0.5) is 16.2 Å². The Labute approximate surface area is 154 Å². The Morgan fingerprint density at radius 1 is 0.923 bits per heavy atom. The summed E-state index contributed by atoms with van der Waals surface area (Å²) in [5.41, 5.74) is 1.37. The summed E-state index contributed by atoms with van der Waals surface area (Å²) in [5, 5.41) is 2.88. The molecule has 2 rings (SSSR count). The van der Waals surface area contributed by atoms with Gasteiger partial charge in [0.15, 0.2) is 11.5 Å². The largest absolute Gasteiger partial charge is 0.490 e. The van der Waals surface area contributed by atoms with Crippen LogP contribution in [0.25, 0.3) is 0 Å². The smallest absolute Gasteiger partial charge is 0.326 e. The van der Waals surface area contributed by atoms with Crippen LogP contribution in [0.3, 0.4) is 0 Å². The third-order valence-corrected chi connectivity index (χ3v) is 3.61. The topological polar surface area (TPSA) is 60.0 Å². The van der Waals surface area contributed by atoms with Crippen LogP contribution in [0.5, 0.6) is 17.2 Å². The molecule has 6 nitrogen and oxygen atoms in total. The molecule has 1 N–H and O–H groups in total. The van der Waals surface area contributed by atoms with Crippen LogP contribution < -0.4 is 24.4 Å². The standard InChI is InChI=1S/C20H26N2O4/c1-5-24-17-13-15(14-18(25-6-2)19(17)26-7-3)21-20(23)22(4)16-11-9-8-10-12-16/h8-14H,5-7H2,1-4H3,(H,21,23). The number of anilines is 2. The second-order valence-corrected chi connectivity index (χ2v) is 5.43.